The van der Waals surface area contributed by atoms with Crippen molar-refractivity contribution < 1.29 is 9.52 Å². The van der Waals surface area contributed by atoms with Crippen LogP contribution in [0.3, 0.4) is 0 Å². The molecule has 0 aliphatic carbocycles. The molecule has 0 unspecified atom stereocenters. The van der Waals surface area contributed by atoms with E-state index in [1.54, 1.807) is 0 Å². The fourth-order valence-electron chi connectivity index (χ4n) is 2.09. The van der Waals surface area contributed by atoms with Crippen LogP contribution in [0.1, 0.15) is 51.7 Å². The van der Waals surface area contributed by atoms with E-state index >= 15 is 0 Å². The molecule has 2 N–H and O–H groups in total. The van der Waals surface area contributed by atoms with Crippen molar-refractivity contribution in [3.05, 3.63) is 23.7 Å². The van der Waals surface area contributed by atoms with Crippen LogP contribution in [0.2, 0.25) is 0 Å². The summed E-state index contributed by atoms with van der Waals surface area (Å²) < 4.78 is 5.58. The van der Waals surface area contributed by atoms with E-state index in [1.807, 2.05) is 26.0 Å². The molecule has 0 bridgehead atoms. The van der Waals surface area contributed by atoms with E-state index in [-0.39, 0.29) is 17.6 Å². The van der Waals surface area contributed by atoms with E-state index in [0.717, 1.165) is 24.5 Å². The molecule has 0 saturated carbocycles. The van der Waals surface area contributed by atoms with Gasteiger partial charge in [0.15, 0.2) is 0 Å². The van der Waals surface area contributed by atoms with Crippen LogP contribution in [0, 0.1) is 12.3 Å². The van der Waals surface area contributed by atoms with Gasteiger partial charge in [-0.05, 0) is 44.7 Å². The van der Waals surface area contributed by atoms with Crippen LogP contribution in [0.5, 0.6) is 0 Å². The molecule has 0 aromatic carbocycles. The van der Waals surface area contributed by atoms with E-state index < -0.39 is 0 Å². The normalized spacial score (nSPS) is 15.9. The molecule has 3 nitrogen and oxygen atoms in total. The van der Waals surface area contributed by atoms with E-state index in [2.05, 4.69) is 26.1 Å². The number of rotatable bonds is 6. The van der Waals surface area contributed by atoms with Crippen LogP contribution in [-0.2, 0) is 0 Å². The van der Waals surface area contributed by atoms with Gasteiger partial charge in [0, 0.05) is 6.54 Å². The first-order chi connectivity index (χ1) is 7.80. The number of aliphatic hydroxyl groups excluding tert-OH is 1. The number of aliphatic hydroxyl groups is 1. The second-order valence-corrected chi connectivity index (χ2v) is 5.77. The zero-order chi connectivity index (χ0) is 13.1. The Labute approximate surface area is 104 Å². The minimum absolute atomic E-state index is 0.0874. The molecule has 0 aliphatic heterocycles. The summed E-state index contributed by atoms with van der Waals surface area (Å²) in [6.45, 7) is 11.1. The molecule has 98 valence electrons. The molecule has 1 heterocycles. The van der Waals surface area contributed by atoms with Gasteiger partial charge in [0.25, 0.3) is 0 Å². The molecule has 1 rings (SSSR count). The minimum atomic E-state index is -0.257. The third-order valence-electron chi connectivity index (χ3n) is 2.92. The Hall–Kier alpha value is -0.800. The Morgan fingerprint density at radius 2 is 2.00 bits per heavy atom. The van der Waals surface area contributed by atoms with Crippen LogP contribution >= 0.6 is 0 Å². The van der Waals surface area contributed by atoms with Crippen molar-refractivity contribution in [1.29, 1.82) is 0 Å². The highest BCUT2D eigenvalue weighted by Crippen LogP contribution is 2.23. The second-order valence-electron chi connectivity index (χ2n) is 5.77. The summed E-state index contributed by atoms with van der Waals surface area (Å²) in [5, 5.41) is 12.9. The van der Waals surface area contributed by atoms with Crippen LogP contribution < -0.4 is 5.32 Å². The molecule has 0 amide bonds. The Morgan fingerprint density at radius 3 is 2.47 bits per heavy atom. The van der Waals surface area contributed by atoms with Crippen molar-refractivity contribution in [3.63, 3.8) is 0 Å². The summed E-state index contributed by atoms with van der Waals surface area (Å²) >= 11 is 0. The molecule has 17 heavy (non-hydrogen) atoms. The van der Waals surface area contributed by atoms with Crippen LogP contribution in [0.15, 0.2) is 16.5 Å². The van der Waals surface area contributed by atoms with E-state index in [0.29, 0.717) is 0 Å². The summed E-state index contributed by atoms with van der Waals surface area (Å²) in [5.74, 6) is 1.91. The summed E-state index contributed by atoms with van der Waals surface area (Å²) in [6, 6.07) is 4.19. The fraction of sp³-hybridized carbons (Fsp3) is 0.714. The highest BCUT2D eigenvalue weighted by molar-refractivity contribution is 5.08. The first kappa shape index (κ1) is 14.3. The zero-order valence-electron chi connectivity index (χ0n) is 11.6. The quantitative estimate of drug-likeness (QED) is 0.802. The number of nitrogens with one attached hydrogen (secondary N) is 1. The van der Waals surface area contributed by atoms with E-state index in [9.17, 15) is 5.11 Å². The SMILES string of the molecule is Cc1ccc([C@@H](C)NCC(C)(C)C[C@@H](C)O)o1. The summed E-state index contributed by atoms with van der Waals surface area (Å²) in [4.78, 5) is 0. The Kier molecular flexibility index (Phi) is 4.78. The molecule has 0 spiro atoms. The summed E-state index contributed by atoms with van der Waals surface area (Å²) in [5.41, 5.74) is 0.0874. The highest BCUT2D eigenvalue weighted by Gasteiger charge is 2.21. The highest BCUT2D eigenvalue weighted by atomic mass is 16.3. The maximum atomic E-state index is 9.43. The lowest BCUT2D eigenvalue weighted by Crippen LogP contribution is -2.33. The predicted octanol–water partition coefficient (Wildman–Crippen LogP) is 3.04. The van der Waals surface area contributed by atoms with Gasteiger partial charge in [-0.1, -0.05) is 13.8 Å². The first-order valence-corrected chi connectivity index (χ1v) is 6.28. The van der Waals surface area contributed by atoms with Crippen LogP contribution in [0.25, 0.3) is 0 Å². The lowest BCUT2D eigenvalue weighted by atomic mass is 9.87. The summed E-state index contributed by atoms with van der Waals surface area (Å²) in [7, 11) is 0. The monoisotopic (exact) mass is 239 g/mol. The zero-order valence-corrected chi connectivity index (χ0v) is 11.6. The molecule has 0 saturated heterocycles. The molecule has 0 radical (unpaired) electrons. The Bertz CT molecular complexity index is 342. The topological polar surface area (TPSA) is 45.4 Å². The maximum Gasteiger partial charge on any atom is 0.120 e. The van der Waals surface area contributed by atoms with Gasteiger partial charge in [0.2, 0.25) is 0 Å². The third kappa shape index (κ3) is 4.92. The van der Waals surface area contributed by atoms with E-state index in [1.165, 1.54) is 0 Å². The largest absolute Gasteiger partial charge is 0.465 e. The smallest absolute Gasteiger partial charge is 0.120 e. The molecular weight excluding hydrogens is 214 g/mol. The predicted molar refractivity (Wildman–Crippen MR) is 69.9 cm³/mol. The number of hydrogen-bond acceptors (Lipinski definition) is 3. The fourth-order valence-corrected chi connectivity index (χ4v) is 2.09. The lowest BCUT2D eigenvalue weighted by Gasteiger charge is -2.28. The molecular formula is C14H25NO2. The van der Waals surface area contributed by atoms with Crippen molar-refractivity contribution >= 4 is 0 Å². The maximum absolute atomic E-state index is 9.43. The average molecular weight is 239 g/mol. The molecule has 3 heteroatoms. The van der Waals surface area contributed by atoms with Crippen molar-refractivity contribution in [2.75, 3.05) is 6.54 Å². The van der Waals surface area contributed by atoms with Gasteiger partial charge in [-0.3, -0.25) is 0 Å². The van der Waals surface area contributed by atoms with Gasteiger partial charge in [-0.25, -0.2) is 0 Å². The van der Waals surface area contributed by atoms with Crippen molar-refractivity contribution in [3.8, 4) is 0 Å². The van der Waals surface area contributed by atoms with Crippen LogP contribution in [0.4, 0.5) is 0 Å². The van der Waals surface area contributed by atoms with Gasteiger partial charge < -0.3 is 14.8 Å². The number of aryl methyl sites for hydroxylation is 1. The third-order valence-corrected chi connectivity index (χ3v) is 2.92. The Balaban J connectivity index is 2.45. The van der Waals surface area contributed by atoms with Crippen LogP contribution in [-0.4, -0.2) is 17.8 Å². The van der Waals surface area contributed by atoms with Crippen molar-refractivity contribution in [2.24, 2.45) is 5.41 Å². The Morgan fingerprint density at radius 1 is 1.35 bits per heavy atom. The second kappa shape index (κ2) is 5.69. The molecule has 1 aromatic heterocycles. The van der Waals surface area contributed by atoms with Gasteiger partial charge in [0.1, 0.15) is 11.5 Å². The van der Waals surface area contributed by atoms with Gasteiger partial charge >= 0.3 is 0 Å². The molecule has 2 atom stereocenters. The molecule has 0 aliphatic rings. The van der Waals surface area contributed by atoms with Gasteiger partial charge in [0.05, 0.1) is 12.1 Å². The van der Waals surface area contributed by atoms with E-state index in [4.69, 9.17) is 4.42 Å². The average Bonchev–Trinajstić information content (AvgIpc) is 2.59. The van der Waals surface area contributed by atoms with Crippen molar-refractivity contribution in [1.82, 2.24) is 5.32 Å². The van der Waals surface area contributed by atoms with Gasteiger partial charge in [-0.2, -0.15) is 0 Å². The molecule has 1 aromatic rings. The summed E-state index contributed by atoms with van der Waals surface area (Å²) in [6.07, 6.45) is 0.539. The number of furan rings is 1. The van der Waals surface area contributed by atoms with Crippen molar-refractivity contribution in [2.45, 2.75) is 53.2 Å². The number of hydrogen-bond donors (Lipinski definition) is 2. The first-order valence-electron chi connectivity index (χ1n) is 6.28. The lowest BCUT2D eigenvalue weighted by molar-refractivity contribution is 0.126. The van der Waals surface area contributed by atoms with Gasteiger partial charge in [-0.15, -0.1) is 0 Å². The molecule has 0 fully saturated rings. The minimum Gasteiger partial charge on any atom is -0.465 e. The standard InChI is InChI=1S/C14H25NO2/c1-10(16)8-14(4,5)9-15-12(3)13-7-6-11(2)17-13/h6-7,10,12,15-16H,8-9H2,1-5H3/t10-,12-/m1/s1.